The number of methoxy groups -OCH3 is 1. The van der Waals surface area contributed by atoms with E-state index in [1.54, 1.807) is 31.2 Å². The summed E-state index contributed by atoms with van der Waals surface area (Å²) in [4.78, 5) is 13.8. The zero-order valence-electron chi connectivity index (χ0n) is 13.7. The number of halogens is 2. The summed E-state index contributed by atoms with van der Waals surface area (Å²) in [5.74, 6) is 0.198. The Bertz CT molecular complexity index is 689. The molecule has 0 aliphatic heterocycles. The van der Waals surface area contributed by atoms with Crippen molar-refractivity contribution in [1.82, 2.24) is 10.2 Å². The molecule has 0 heterocycles. The van der Waals surface area contributed by atoms with Gasteiger partial charge < -0.3 is 10.1 Å². The minimum atomic E-state index is -0.371. The van der Waals surface area contributed by atoms with Crippen LogP contribution in [0.3, 0.4) is 0 Å². The number of hydrogen-bond acceptors (Lipinski definition) is 3. The first-order chi connectivity index (χ1) is 11.5. The lowest BCUT2D eigenvalue weighted by atomic mass is 10.2. The first-order valence-corrected chi connectivity index (χ1v) is 7.89. The molecule has 1 amide bonds. The van der Waals surface area contributed by atoms with E-state index in [9.17, 15) is 9.18 Å². The van der Waals surface area contributed by atoms with E-state index in [0.717, 1.165) is 11.3 Å². The number of amides is 1. The van der Waals surface area contributed by atoms with Gasteiger partial charge in [0.2, 0.25) is 5.91 Å². The fourth-order valence-corrected chi connectivity index (χ4v) is 2.58. The van der Waals surface area contributed by atoms with Crippen molar-refractivity contribution in [1.29, 1.82) is 0 Å². The van der Waals surface area contributed by atoms with Crippen LogP contribution in [0.25, 0.3) is 0 Å². The lowest BCUT2D eigenvalue weighted by Crippen LogP contribution is -2.34. The molecule has 24 heavy (non-hydrogen) atoms. The molecule has 0 unspecified atom stereocenters. The molecule has 2 rings (SSSR count). The molecule has 6 heteroatoms. The molecular formula is C18H20ClFN2O2. The summed E-state index contributed by atoms with van der Waals surface area (Å²) in [5, 5.41) is 3.19. The minimum Gasteiger partial charge on any atom is -0.496 e. The summed E-state index contributed by atoms with van der Waals surface area (Å²) in [6.45, 7) is 0.768. The third-order valence-electron chi connectivity index (χ3n) is 3.57. The van der Waals surface area contributed by atoms with Crippen LogP contribution >= 0.6 is 11.6 Å². The maximum absolute atomic E-state index is 13.8. The molecule has 0 atom stereocenters. The molecule has 2 aromatic rings. The first kappa shape index (κ1) is 18.2. The summed E-state index contributed by atoms with van der Waals surface area (Å²) < 4.78 is 19.0. The molecule has 128 valence electrons. The Hall–Kier alpha value is -2.11. The van der Waals surface area contributed by atoms with Crippen LogP contribution in [-0.4, -0.2) is 31.5 Å². The number of para-hydroxylation sites is 1. The van der Waals surface area contributed by atoms with Crippen molar-refractivity contribution >= 4 is 17.5 Å². The van der Waals surface area contributed by atoms with Gasteiger partial charge >= 0.3 is 0 Å². The molecule has 0 aromatic heterocycles. The van der Waals surface area contributed by atoms with Crippen molar-refractivity contribution < 1.29 is 13.9 Å². The lowest BCUT2D eigenvalue weighted by Gasteiger charge is -2.18. The Labute approximate surface area is 146 Å². The van der Waals surface area contributed by atoms with Gasteiger partial charge in [-0.3, -0.25) is 9.69 Å². The topological polar surface area (TPSA) is 41.6 Å². The van der Waals surface area contributed by atoms with E-state index in [-0.39, 0.29) is 24.8 Å². The standard InChI is InChI=1S/C18H20ClFN2O2/c1-22(11-14-15(19)7-5-8-16(14)20)12-18(23)21-10-13-6-3-4-9-17(13)24-2/h3-9H,10-12H2,1-2H3,(H,21,23). The van der Waals surface area contributed by atoms with E-state index < -0.39 is 0 Å². The summed E-state index contributed by atoms with van der Waals surface area (Å²) in [7, 11) is 3.33. The second kappa shape index (κ2) is 8.66. The quantitative estimate of drug-likeness (QED) is 0.833. The van der Waals surface area contributed by atoms with Gasteiger partial charge in [-0.2, -0.15) is 0 Å². The van der Waals surface area contributed by atoms with Crippen LogP contribution in [0.1, 0.15) is 11.1 Å². The molecule has 0 saturated carbocycles. The highest BCUT2D eigenvalue weighted by Crippen LogP contribution is 2.20. The van der Waals surface area contributed by atoms with E-state index in [2.05, 4.69) is 5.32 Å². The number of carbonyl (C=O) groups excluding carboxylic acids is 1. The van der Waals surface area contributed by atoms with Gasteiger partial charge in [0.1, 0.15) is 11.6 Å². The third kappa shape index (κ3) is 4.94. The number of rotatable bonds is 7. The van der Waals surface area contributed by atoms with Crippen LogP contribution in [0.15, 0.2) is 42.5 Å². The van der Waals surface area contributed by atoms with Crippen molar-refractivity contribution in [3.8, 4) is 5.75 Å². The Morgan fingerprint density at radius 2 is 2.00 bits per heavy atom. The average molecular weight is 351 g/mol. The van der Waals surface area contributed by atoms with Gasteiger partial charge in [-0.25, -0.2) is 4.39 Å². The minimum absolute atomic E-state index is 0.139. The normalized spacial score (nSPS) is 10.7. The number of hydrogen-bond donors (Lipinski definition) is 1. The number of carbonyl (C=O) groups is 1. The van der Waals surface area contributed by atoms with Crippen molar-refractivity contribution in [3.63, 3.8) is 0 Å². The summed E-state index contributed by atoms with van der Waals surface area (Å²) in [6, 6.07) is 12.0. The fourth-order valence-electron chi connectivity index (χ4n) is 2.35. The van der Waals surface area contributed by atoms with Crippen LogP contribution in [0.5, 0.6) is 5.75 Å². The van der Waals surface area contributed by atoms with Gasteiger partial charge in [0.25, 0.3) is 0 Å². The van der Waals surface area contributed by atoms with Crippen LogP contribution in [0.2, 0.25) is 5.02 Å². The van der Waals surface area contributed by atoms with E-state index >= 15 is 0 Å². The van der Waals surface area contributed by atoms with Gasteiger partial charge in [-0.1, -0.05) is 35.9 Å². The SMILES string of the molecule is COc1ccccc1CNC(=O)CN(C)Cc1c(F)cccc1Cl. The van der Waals surface area contributed by atoms with Gasteiger partial charge in [0.05, 0.1) is 13.7 Å². The average Bonchev–Trinajstić information content (AvgIpc) is 2.56. The second-order valence-corrected chi connectivity index (χ2v) is 5.87. The number of nitrogens with zero attached hydrogens (tertiary/aromatic N) is 1. The highest BCUT2D eigenvalue weighted by atomic mass is 35.5. The second-order valence-electron chi connectivity index (χ2n) is 5.46. The largest absolute Gasteiger partial charge is 0.496 e. The van der Waals surface area contributed by atoms with Gasteiger partial charge in [-0.15, -0.1) is 0 Å². The van der Waals surface area contributed by atoms with E-state index in [1.807, 2.05) is 24.3 Å². The molecule has 0 spiro atoms. The predicted molar refractivity (Wildman–Crippen MR) is 92.6 cm³/mol. The highest BCUT2D eigenvalue weighted by molar-refractivity contribution is 6.31. The zero-order chi connectivity index (χ0) is 17.5. The van der Waals surface area contributed by atoms with Gasteiger partial charge in [0.15, 0.2) is 0 Å². The molecule has 0 aliphatic rings. The monoisotopic (exact) mass is 350 g/mol. The Morgan fingerprint density at radius 3 is 2.71 bits per heavy atom. The maximum Gasteiger partial charge on any atom is 0.234 e. The van der Waals surface area contributed by atoms with Crippen molar-refractivity contribution in [2.45, 2.75) is 13.1 Å². The van der Waals surface area contributed by atoms with Crippen LogP contribution < -0.4 is 10.1 Å². The Morgan fingerprint density at radius 1 is 1.25 bits per heavy atom. The third-order valence-corrected chi connectivity index (χ3v) is 3.93. The predicted octanol–water partition coefficient (Wildman–Crippen LogP) is 3.24. The molecular weight excluding hydrogens is 331 g/mol. The van der Waals surface area contributed by atoms with E-state index in [0.29, 0.717) is 17.1 Å². The van der Waals surface area contributed by atoms with Gasteiger partial charge in [-0.05, 0) is 25.2 Å². The number of benzene rings is 2. The molecule has 0 radical (unpaired) electrons. The van der Waals surface area contributed by atoms with Crippen molar-refractivity contribution in [2.24, 2.45) is 0 Å². The number of nitrogens with one attached hydrogen (secondary N) is 1. The summed E-state index contributed by atoms with van der Waals surface area (Å²) in [6.07, 6.45) is 0. The molecule has 4 nitrogen and oxygen atoms in total. The Balaban J connectivity index is 1.88. The summed E-state index contributed by atoms with van der Waals surface area (Å²) in [5.41, 5.74) is 1.28. The van der Waals surface area contributed by atoms with Crippen molar-refractivity contribution in [2.75, 3.05) is 20.7 Å². The van der Waals surface area contributed by atoms with Crippen LogP contribution in [0.4, 0.5) is 4.39 Å². The molecule has 0 fully saturated rings. The van der Waals surface area contributed by atoms with Crippen molar-refractivity contribution in [3.05, 3.63) is 64.4 Å². The number of likely N-dealkylation sites (N-methyl/N-ethyl adjacent to an activating group) is 1. The first-order valence-electron chi connectivity index (χ1n) is 7.51. The zero-order valence-corrected chi connectivity index (χ0v) is 14.4. The van der Waals surface area contributed by atoms with E-state index in [1.165, 1.54) is 6.07 Å². The molecule has 0 aliphatic carbocycles. The van der Waals surface area contributed by atoms with Crippen LogP contribution in [0, 0.1) is 5.82 Å². The number of ether oxygens (including phenoxy) is 1. The van der Waals surface area contributed by atoms with Gasteiger partial charge in [0, 0.05) is 29.2 Å². The molecule has 1 N–H and O–H groups in total. The molecule has 2 aromatic carbocycles. The molecule has 0 bridgehead atoms. The van der Waals surface area contributed by atoms with Crippen LogP contribution in [-0.2, 0) is 17.9 Å². The highest BCUT2D eigenvalue weighted by Gasteiger charge is 2.12. The maximum atomic E-state index is 13.8. The van der Waals surface area contributed by atoms with E-state index in [4.69, 9.17) is 16.3 Å². The molecule has 0 saturated heterocycles. The summed E-state index contributed by atoms with van der Waals surface area (Å²) >= 11 is 6.00. The Kier molecular flexibility index (Phi) is 6.58. The lowest BCUT2D eigenvalue weighted by molar-refractivity contribution is -0.122. The smallest absolute Gasteiger partial charge is 0.234 e. The fraction of sp³-hybridized carbons (Fsp3) is 0.278.